The number of rotatable bonds is 11. The first-order chi connectivity index (χ1) is 16.2. The fourth-order valence-corrected chi connectivity index (χ4v) is 4.57. The van der Waals surface area contributed by atoms with Gasteiger partial charge in [-0.15, -0.1) is 0 Å². The van der Waals surface area contributed by atoms with Crippen molar-refractivity contribution in [1.29, 1.82) is 0 Å². The predicted molar refractivity (Wildman–Crippen MR) is 129 cm³/mol. The fourth-order valence-electron chi connectivity index (χ4n) is 3.75. The van der Waals surface area contributed by atoms with Crippen LogP contribution in [-0.4, -0.2) is 54.2 Å². The molecule has 4 rings (SSSR count). The van der Waals surface area contributed by atoms with Gasteiger partial charge in [0.25, 0.3) is 0 Å². The third-order valence-electron chi connectivity index (χ3n) is 5.38. The number of nitrogens with zero attached hydrogens (tertiary/aromatic N) is 2. The molecule has 0 bridgehead atoms. The molecule has 1 N–H and O–H groups in total. The number of aromatic nitrogens is 2. The van der Waals surface area contributed by atoms with Crippen LogP contribution in [0.4, 0.5) is 0 Å². The third-order valence-corrected chi connectivity index (χ3v) is 6.37. The lowest BCUT2D eigenvalue weighted by Crippen LogP contribution is -2.29. The summed E-state index contributed by atoms with van der Waals surface area (Å²) in [7, 11) is 1.60. The van der Waals surface area contributed by atoms with Crippen molar-refractivity contribution in [3.63, 3.8) is 0 Å². The molecule has 1 aromatic heterocycles. The van der Waals surface area contributed by atoms with Crippen molar-refractivity contribution < 1.29 is 19.0 Å². The first kappa shape index (κ1) is 23.2. The quantitative estimate of drug-likeness (QED) is 0.339. The van der Waals surface area contributed by atoms with E-state index in [9.17, 15) is 4.79 Å². The van der Waals surface area contributed by atoms with Gasteiger partial charge in [-0.05, 0) is 30.5 Å². The number of thioether (sulfide) groups is 1. The van der Waals surface area contributed by atoms with Gasteiger partial charge in [0, 0.05) is 6.61 Å². The summed E-state index contributed by atoms with van der Waals surface area (Å²) in [6.45, 7) is 2.32. The van der Waals surface area contributed by atoms with Gasteiger partial charge in [0.1, 0.15) is 6.61 Å². The highest BCUT2D eigenvalue weighted by molar-refractivity contribution is 7.99. The van der Waals surface area contributed by atoms with E-state index in [4.69, 9.17) is 14.2 Å². The molecular weight excluding hydrogens is 438 g/mol. The molecule has 1 amide bonds. The molecule has 7 nitrogen and oxygen atoms in total. The van der Waals surface area contributed by atoms with Crippen LogP contribution in [0.2, 0.25) is 0 Å². The Morgan fingerprint density at radius 1 is 1.18 bits per heavy atom. The Morgan fingerprint density at radius 3 is 2.73 bits per heavy atom. The molecule has 0 radical (unpaired) electrons. The summed E-state index contributed by atoms with van der Waals surface area (Å²) >= 11 is 1.44. The maximum Gasteiger partial charge on any atom is 0.230 e. The number of nitrogens with one attached hydrogen (secondary N) is 1. The van der Waals surface area contributed by atoms with E-state index in [0.29, 0.717) is 24.7 Å². The van der Waals surface area contributed by atoms with Gasteiger partial charge >= 0.3 is 0 Å². The molecular formula is C25H29N3O4S. The first-order valence-corrected chi connectivity index (χ1v) is 12.1. The van der Waals surface area contributed by atoms with Gasteiger partial charge in [0.05, 0.1) is 43.9 Å². The Kier molecular flexibility index (Phi) is 8.27. The summed E-state index contributed by atoms with van der Waals surface area (Å²) in [5.41, 5.74) is 2.15. The zero-order chi connectivity index (χ0) is 22.9. The molecule has 3 aromatic rings. The molecule has 8 heteroatoms. The summed E-state index contributed by atoms with van der Waals surface area (Å²) < 4.78 is 19.0. The van der Waals surface area contributed by atoms with Gasteiger partial charge in [-0.2, -0.15) is 0 Å². The number of hydrogen-bond acceptors (Lipinski definition) is 6. The largest absolute Gasteiger partial charge is 0.493 e. The SMILES string of the molecule is COc1ccccc1OCCNC(=O)CSc1ncc(-c2ccccc2)n1CC1CCCO1. The molecule has 1 aliphatic rings. The van der Waals surface area contributed by atoms with Crippen molar-refractivity contribution >= 4 is 17.7 Å². The van der Waals surface area contributed by atoms with Crippen LogP contribution in [0.25, 0.3) is 11.3 Å². The van der Waals surface area contributed by atoms with Gasteiger partial charge in [0.2, 0.25) is 5.91 Å². The van der Waals surface area contributed by atoms with Crippen LogP contribution in [0.1, 0.15) is 12.8 Å². The third kappa shape index (κ3) is 6.30. The van der Waals surface area contributed by atoms with E-state index in [1.165, 1.54) is 11.8 Å². The standard InChI is InChI=1S/C25H29N3O4S/c1-30-22-11-5-6-12-23(22)32-15-13-26-24(29)18-33-25-27-16-21(19-8-3-2-4-9-19)28(25)17-20-10-7-14-31-20/h2-6,8-9,11-12,16,20H,7,10,13-15,17-18H2,1H3,(H,26,29). The molecule has 2 heterocycles. The van der Waals surface area contributed by atoms with E-state index in [1.54, 1.807) is 7.11 Å². The normalized spacial score (nSPS) is 15.4. The molecule has 1 fully saturated rings. The molecule has 174 valence electrons. The van der Waals surface area contributed by atoms with Crippen LogP contribution >= 0.6 is 11.8 Å². The lowest BCUT2D eigenvalue weighted by Gasteiger charge is -2.16. The molecule has 1 unspecified atom stereocenters. The van der Waals surface area contributed by atoms with Crippen LogP contribution in [0.3, 0.4) is 0 Å². The van der Waals surface area contributed by atoms with Crippen molar-refractivity contribution in [2.24, 2.45) is 0 Å². The number of ether oxygens (including phenoxy) is 3. The Hall–Kier alpha value is -2.97. The van der Waals surface area contributed by atoms with E-state index < -0.39 is 0 Å². The van der Waals surface area contributed by atoms with Crippen LogP contribution in [0.15, 0.2) is 66.0 Å². The highest BCUT2D eigenvalue weighted by Crippen LogP contribution is 2.28. The average molecular weight is 468 g/mol. The van der Waals surface area contributed by atoms with Crippen molar-refractivity contribution in [3.8, 4) is 22.8 Å². The fraction of sp³-hybridized carbons (Fsp3) is 0.360. The molecule has 0 saturated carbocycles. The van der Waals surface area contributed by atoms with E-state index in [-0.39, 0.29) is 17.8 Å². The van der Waals surface area contributed by atoms with Crippen LogP contribution in [-0.2, 0) is 16.1 Å². The predicted octanol–water partition coefficient (Wildman–Crippen LogP) is 4.03. The topological polar surface area (TPSA) is 74.6 Å². The Bertz CT molecular complexity index is 1040. The van der Waals surface area contributed by atoms with Gasteiger partial charge in [0.15, 0.2) is 16.7 Å². The molecule has 1 aliphatic heterocycles. The number of para-hydroxylation sites is 2. The minimum absolute atomic E-state index is 0.0587. The van der Waals surface area contributed by atoms with Gasteiger partial charge in [-0.1, -0.05) is 54.2 Å². The maximum atomic E-state index is 12.4. The Morgan fingerprint density at radius 2 is 1.97 bits per heavy atom. The second-order valence-electron chi connectivity index (χ2n) is 7.68. The number of carbonyl (C=O) groups is 1. The number of amides is 1. The highest BCUT2D eigenvalue weighted by Gasteiger charge is 2.21. The van der Waals surface area contributed by atoms with Gasteiger partial charge in [-0.3, -0.25) is 4.79 Å². The number of hydrogen-bond donors (Lipinski definition) is 1. The minimum Gasteiger partial charge on any atom is -0.493 e. The van der Waals surface area contributed by atoms with E-state index >= 15 is 0 Å². The molecule has 2 aromatic carbocycles. The molecule has 1 atom stereocenters. The van der Waals surface area contributed by atoms with E-state index in [0.717, 1.165) is 42.4 Å². The maximum absolute atomic E-state index is 12.4. The smallest absolute Gasteiger partial charge is 0.230 e. The summed E-state index contributed by atoms with van der Waals surface area (Å²) in [5, 5.41) is 3.73. The molecule has 33 heavy (non-hydrogen) atoms. The van der Waals surface area contributed by atoms with Crippen molar-refractivity contribution in [2.75, 3.05) is 32.6 Å². The lowest BCUT2D eigenvalue weighted by atomic mass is 10.1. The molecule has 1 saturated heterocycles. The first-order valence-electron chi connectivity index (χ1n) is 11.1. The Balaban J connectivity index is 1.31. The van der Waals surface area contributed by atoms with Crippen molar-refractivity contribution in [1.82, 2.24) is 14.9 Å². The van der Waals surface area contributed by atoms with Crippen molar-refractivity contribution in [2.45, 2.75) is 30.6 Å². The van der Waals surface area contributed by atoms with E-state index in [1.807, 2.05) is 48.7 Å². The Labute approximate surface area is 198 Å². The van der Waals surface area contributed by atoms with Gasteiger partial charge in [-0.25, -0.2) is 4.98 Å². The minimum atomic E-state index is -0.0587. The molecule has 0 spiro atoms. The summed E-state index contributed by atoms with van der Waals surface area (Å²) in [6, 6.07) is 17.6. The van der Waals surface area contributed by atoms with Crippen LogP contribution in [0, 0.1) is 0 Å². The number of benzene rings is 2. The van der Waals surface area contributed by atoms with E-state index in [2.05, 4.69) is 27.0 Å². The zero-order valence-electron chi connectivity index (χ0n) is 18.7. The summed E-state index contributed by atoms with van der Waals surface area (Å²) in [6.07, 6.45) is 4.19. The summed E-state index contributed by atoms with van der Waals surface area (Å²) in [4.78, 5) is 17.0. The van der Waals surface area contributed by atoms with Crippen molar-refractivity contribution in [3.05, 3.63) is 60.8 Å². The zero-order valence-corrected chi connectivity index (χ0v) is 19.6. The van der Waals surface area contributed by atoms with Crippen LogP contribution < -0.4 is 14.8 Å². The number of imidazole rings is 1. The second-order valence-corrected chi connectivity index (χ2v) is 8.62. The average Bonchev–Trinajstić information content (AvgIpc) is 3.52. The highest BCUT2D eigenvalue weighted by atomic mass is 32.2. The molecule has 0 aliphatic carbocycles. The number of methoxy groups -OCH3 is 1. The van der Waals surface area contributed by atoms with Crippen LogP contribution in [0.5, 0.6) is 11.5 Å². The monoisotopic (exact) mass is 467 g/mol. The lowest BCUT2D eigenvalue weighted by molar-refractivity contribution is -0.118. The second kappa shape index (κ2) is 11.8. The number of carbonyl (C=O) groups excluding carboxylic acids is 1. The summed E-state index contributed by atoms with van der Waals surface area (Å²) in [5.74, 6) is 1.56. The van der Waals surface area contributed by atoms with Gasteiger partial charge < -0.3 is 24.1 Å².